The first-order valence-corrected chi connectivity index (χ1v) is 7.30. The van der Waals surface area contributed by atoms with Crippen LogP contribution in [0, 0.1) is 5.92 Å². The van der Waals surface area contributed by atoms with E-state index in [2.05, 4.69) is 18.2 Å². The van der Waals surface area contributed by atoms with Gasteiger partial charge in [-0.05, 0) is 55.2 Å². The van der Waals surface area contributed by atoms with Gasteiger partial charge < -0.3 is 0 Å². The number of hydrogen-bond donors (Lipinski definition) is 0. The van der Waals surface area contributed by atoms with Gasteiger partial charge in [-0.25, -0.2) is 0 Å². The lowest BCUT2D eigenvalue weighted by Gasteiger charge is -2.16. The normalized spacial score (nSPS) is 14.6. The molecule has 0 N–H and O–H groups in total. The first-order chi connectivity index (χ1) is 8.66. The Morgan fingerprint density at radius 2 is 1.89 bits per heavy atom. The van der Waals surface area contributed by atoms with Gasteiger partial charge in [0.25, 0.3) is 0 Å². The number of fused-ring (bicyclic) bond motifs is 1. The van der Waals surface area contributed by atoms with E-state index in [1.165, 1.54) is 31.2 Å². The number of Topliss-reactive ketones (excluding diaryl/α,β-unsaturated/α-hetero) is 1. The van der Waals surface area contributed by atoms with Crippen LogP contribution in [0.1, 0.15) is 56.2 Å². The Bertz CT molecular complexity index is 418. The average molecular weight is 244 g/mol. The predicted molar refractivity (Wildman–Crippen MR) is 75.9 cm³/mol. The summed E-state index contributed by atoms with van der Waals surface area (Å²) in [6.07, 6.45) is 7.95. The SMILES string of the molecule is CC(C)C(=O)CCCc1ccc2c(c1)CCCC2. The van der Waals surface area contributed by atoms with Crippen LogP contribution in [0.3, 0.4) is 0 Å². The van der Waals surface area contributed by atoms with Crippen molar-refractivity contribution in [3.05, 3.63) is 34.9 Å². The molecule has 0 amide bonds. The molecule has 0 heterocycles. The molecule has 0 radical (unpaired) electrons. The maximum absolute atomic E-state index is 11.6. The lowest BCUT2D eigenvalue weighted by Crippen LogP contribution is -2.07. The fraction of sp³-hybridized carbons (Fsp3) is 0.588. The molecule has 0 aromatic heterocycles. The van der Waals surface area contributed by atoms with E-state index in [1.54, 1.807) is 11.1 Å². The lowest BCUT2D eigenvalue weighted by atomic mass is 9.89. The molecular formula is C17H24O. The van der Waals surface area contributed by atoms with Crippen LogP contribution in [-0.2, 0) is 24.1 Å². The van der Waals surface area contributed by atoms with Crippen LogP contribution in [-0.4, -0.2) is 5.78 Å². The summed E-state index contributed by atoms with van der Waals surface area (Å²) in [5.41, 5.74) is 4.50. The highest BCUT2D eigenvalue weighted by Gasteiger charge is 2.10. The Morgan fingerprint density at radius 1 is 1.17 bits per heavy atom. The van der Waals surface area contributed by atoms with Crippen LogP contribution < -0.4 is 0 Å². The molecule has 1 nitrogen and oxygen atoms in total. The Balaban J connectivity index is 1.88. The van der Waals surface area contributed by atoms with E-state index < -0.39 is 0 Å². The van der Waals surface area contributed by atoms with Crippen molar-refractivity contribution in [3.63, 3.8) is 0 Å². The second kappa shape index (κ2) is 6.17. The van der Waals surface area contributed by atoms with E-state index in [0.29, 0.717) is 5.78 Å². The van der Waals surface area contributed by atoms with Gasteiger partial charge in [-0.2, -0.15) is 0 Å². The fourth-order valence-corrected chi connectivity index (χ4v) is 2.70. The summed E-state index contributed by atoms with van der Waals surface area (Å²) in [5.74, 6) is 0.585. The Kier molecular flexibility index (Phi) is 4.57. The van der Waals surface area contributed by atoms with Gasteiger partial charge in [-0.3, -0.25) is 4.79 Å². The molecule has 0 aliphatic heterocycles. The van der Waals surface area contributed by atoms with E-state index in [-0.39, 0.29) is 5.92 Å². The highest BCUT2D eigenvalue weighted by Crippen LogP contribution is 2.23. The number of hydrogen-bond acceptors (Lipinski definition) is 1. The standard InChI is InChI=1S/C17H24O/c1-13(2)17(18)9-5-6-14-10-11-15-7-3-4-8-16(15)12-14/h10-13H,3-9H2,1-2H3. The first kappa shape index (κ1) is 13.3. The van der Waals surface area contributed by atoms with Crippen molar-refractivity contribution in [2.45, 2.75) is 58.8 Å². The summed E-state index contributed by atoms with van der Waals surface area (Å²) in [7, 11) is 0. The average Bonchev–Trinajstić information content (AvgIpc) is 2.38. The molecule has 0 bridgehead atoms. The Labute approximate surface area is 111 Å². The van der Waals surface area contributed by atoms with Crippen LogP contribution in [0.25, 0.3) is 0 Å². The summed E-state index contributed by atoms with van der Waals surface area (Å²) in [6.45, 7) is 3.97. The van der Waals surface area contributed by atoms with Crippen molar-refractivity contribution in [3.8, 4) is 0 Å². The molecule has 0 atom stereocenters. The molecule has 1 aromatic carbocycles. The zero-order valence-electron chi connectivity index (χ0n) is 11.7. The second-order valence-corrected chi connectivity index (χ2v) is 5.78. The maximum Gasteiger partial charge on any atom is 0.135 e. The second-order valence-electron chi connectivity index (χ2n) is 5.78. The Hall–Kier alpha value is -1.11. The van der Waals surface area contributed by atoms with E-state index >= 15 is 0 Å². The van der Waals surface area contributed by atoms with Gasteiger partial charge in [0.05, 0.1) is 0 Å². The zero-order valence-corrected chi connectivity index (χ0v) is 11.7. The molecule has 98 valence electrons. The minimum absolute atomic E-state index is 0.188. The molecular weight excluding hydrogens is 220 g/mol. The molecule has 1 aliphatic carbocycles. The number of carbonyl (C=O) groups is 1. The van der Waals surface area contributed by atoms with E-state index in [4.69, 9.17) is 0 Å². The minimum atomic E-state index is 0.188. The molecule has 18 heavy (non-hydrogen) atoms. The van der Waals surface area contributed by atoms with Gasteiger partial charge >= 0.3 is 0 Å². The maximum atomic E-state index is 11.6. The number of ketones is 1. The monoisotopic (exact) mass is 244 g/mol. The lowest BCUT2D eigenvalue weighted by molar-refractivity contribution is -0.121. The molecule has 0 spiro atoms. The summed E-state index contributed by atoms with van der Waals surface area (Å²) in [5, 5.41) is 0. The van der Waals surface area contributed by atoms with Crippen LogP contribution >= 0.6 is 0 Å². The molecule has 1 aromatic rings. The van der Waals surface area contributed by atoms with Crippen LogP contribution in [0.5, 0.6) is 0 Å². The number of aryl methyl sites for hydroxylation is 3. The van der Waals surface area contributed by atoms with Crippen LogP contribution in [0.15, 0.2) is 18.2 Å². The highest BCUT2D eigenvalue weighted by molar-refractivity contribution is 5.80. The van der Waals surface area contributed by atoms with Crippen molar-refractivity contribution in [1.29, 1.82) is 0 Å². The third-order valence-corrected chi connectivity index (χ3v) is 3.95. The van der Waals surface area contributed by atoms with E-state index in [9.17, 15) is 4.79 Å². The summed E-state index contributed by atoms with van der Waals surface area (Å²) >= 11 is 0. The molecule has 0 unspecified atom stereocenters. The topological polar surface area (TPSA) is 17.1 Å². The molecule has 0 fully saturated rings. The van der Waals surface area contributed by atoms with Gasteiger partial charge in [-0.15, -0.1) is 0 Å². The van der Waals surface area contributed by atoms with Gasteiger partial charge in [-0.1, -0.05) is 32.0 Å². The summed E-state index contributed by atoms with van der Waals surface area (Å²) in [4.78, 5) is 11.6. The third kappa shape index (κ3) is 3.44. The molecule has 1 heteroatoms. The third-order valence-electron chi connectivity index (χ3n) is 3.95. The zero-order chi connectivity index (χ0) is 13.0. The smallest absolute Gasteiger partial charge is 0.135 e. The van der Waals surface area contributed by atoms with Crippen molar-refractivity contribution in [2.75, 3.05) is 0 Å². The summed E-state index contributed by atoms with van der Waals surface area (Å²) < 4.78 is 0. The summed E-state index contributed by atoms with van der Waals surface area (Å²) in [6, 6.07) is 6.92. The van der Waals surface area contributed by atoms with Crippen molar-refractivity contribution >= 4 is 5.78 Å². The van der Waals surface area contributed by atoms with Crippen molar-refractivity contribution in [2.24, 2.45) is 5.92 Å². The molecule has 2 rings (SSSR count). The van der Waals surface area contributed by atoms with Gasteiger partial charge in [0.1, 0.15) is 5.78 Å². The minimum Gasteiger partial charge on any atom is -0.299 e. The number of benzene rings is 1. The first-order valence-electron chi connectivity index (χ1n) is 7.30. The quantitative estimate of drug-likeness (QED) is 0.761. The molecule has 1 aliphatic rings. The largest absolute Gasteiger partial charge is 0.299 e. The predicted octanol–water partition coefficient (Wildman–Crippen LogP) is 4.11. The number of rotatable bonds is 5. The highest BCUT2D eigenvalue weighted by atomic mass is 16.1. The van der Waals surface area contributed by atoms with Crippen LogP contribution in [0.2, 0.25) is 0 Å². The van der Waals surface area contributed by atoms with E-state index in [1.807, 2.05) is 13.8 Å². The number of carbonyl (C=O) groups excluding carboxylic acids is 1. The molecule has 0 saturated heterocycles. The van der Waals surface area contributed by atoms with Gasteiger partial charge in [0.2, 0.25) is 0 Å². The van der Waals surface area contributed by atoms with Crippen molar-refractivity contribution in [1.82, 2.24) is 0 Å². The molecule has 0 saturated carbocycles. The van der Waals surface area contributed by atoms with Gasteiger partial charge in [0, 0.05) is 12.3 Å². The van der Waals surface area contributed by atoms with Gasteiger partial charge in [0.15, 0.2) is 0 Å². The van der Waals surface area contributed by atoms with Crippen LogP contribution in [0.4, 0.5) is 0 Å². The Morgan fingerprint density at radius 3 is 2.61 bits per heavy atom. The fourth-order valence-electron chi connectivity index (χ4n) is 2.70. The van der Waals surface area contributed by atoms with Crippen molar-refractivity contribution < 1.29 is 4.79 Å². The van der Waals surface area contributed by atoms with E-state index in [0.717, 1.165) is 19.3 Å².